The van der Waals surface area contributed by atoms with Crippen molar-refractivity contribution in [2.45, 2.75) is 4.90 Å². The second-order valence-electron chi connectivity index (χ2n) is 1.98. The molecule has 1 aromatic rings. The molecule has 0 fully saturated rings. The van der Waals surface area contributed by atoms with E-state index in [0.717, 1.165) is 9.92 Å². The van der Waals surface area contributed by atoms with Gasteiger partial charge in [0.2, 0.25) is 0 Å². The summed E-state index contributed by atoms with van der Waals surface area (Å²) < 4.78 is 0.259. The number of rotatable bonds is 2. The molecule has 12 heavy (non-hydrogen) atoms. The van der Waals surface area contributed by atoms with E-state index in [1.54, 1.807) is 5.41 Å². The largest absolute Gasteiger partial charge is 0.113 e. The van der Waals surface area contributed by atoms with E-state index < -0.39 is 0 Å². The molecule has 0 saturated carbocycles. The van der Waals surface area contributed by atoms with Gasteiger partial charge in [-0.2, -0.15) is 0 Å². The van der Waals surface area contributed by atoms with Gasteiger partial charge >= 0.3 is 0 Å². The maximum absolute atomic E-state index is 5.70. The molecule has 0 aliphatic rings. The Labute approximate surface area is 90.5 Å². The first-order chi connectivity index (χ1) is 5.68. The van der Waals surface area contributed by atoms with Crippen LogP contribution in [0.25, 0.3) is 0 Å². The van der Waals surface area contributed by atoms with Crippen molar-refractivity contribution in [2.24, 2.45) is 0 Å². The van der Waals surface area contributed by atoms with Crippen LogP contribution in [-0.2, 0) is 0 Å². The molecule has 1 aromatic carbocycles. The van der Waals surface area contributed by atoms with Crippen molar-refractivity contribution in [1.82, 2.24) is 0 Å². The van der Waals surface area contributed by atoms with Gasteiger partial charge in [-0.1, -0.05) is 46.6 Å². The van der Waals surface area contributed by atoms with E-state index >= 15 is 0 Å². The molecule has 4 heteroatoms. The molecule has 0 amide bonds. The summed E-state index contributed by atoms with van der Waals surface area (Å²) in [6.45, 7) is 0. The van der Waals surface area contributed by atoms with Crippen molar-refractivity contribution in [3.05, 3.63) is 39.2 Å². The second kappa shape index (κ2) is 5.03. The van der Waals surface area contributed by atoms with Crippen LogP contribution in [0.15, 0.2) is 39.1 Å². The standard InChI is InChI=1S/C8H5Cl3S/c9-6-1-3-7(4-2-6)12-5-8(10)11/h1-5H. The first-order valence-electron chi connectivity index (χ1n) is 3.12. The molecule has 0 spiro atoms. The summed E-state index contributed by atoms with van der Waals surface area (Å²) in [5.41, 5.74) is 0. The van der Waals surface area contributed by atoms with Crippen molar-refractivity contribution in [1.29, 1.82) is 0 Å². The number of thioether (sulfide) groups is 1. The highest BCUT2D eigenvalue weighted by atomic mass is 35.5. The lowest BCUT2D eigenvalue weighted by atomic mass is 10.4. The maximum Gasteiger partial charge on any atom is 0.113 e. The zero-order valence-electron chi connectivity index (χ0n) is 5.93. The molecule has 0 nitrogen and oxygen atoms in total. The molecule has 0 atom stereocenters. The lowest BCUT2D eigenvalue weighted by Crippen LogP contribution is -1.66. The third-order valence-corrected chi connectivity index (χ3v) is 2.72. The molecule has 0 aromatic heterocycles. The molecular weight excluding hydrogens is 235 g/mol. The van der Waals surface area contributed by atoms with Crippen LogP contribution in [0.2, 0.25) is 5.02 Å². The zero-order chi connectivity index (χ0) is 8.97. The molecule has 0 aliphatic heterocycles. The highest BCUT2D eigenvalue weighted by Gasteiger charge is 1.91. The van der Waals surface area contributed by atoms with Crippen LogP contribution < -0.4 is 0 Å². The van der Waals surface area contributed by atoms with E-state index in [2.05, 4.69) is 0 Å². The van der Waals surface area contributed by atoms with Crippen LogP contribution >= 0.6 is 46.6 Å². The van der Waals surface area contributed by atoms with Crippen molar-refractivity contribution in [3.63, 3.8) is 0 Å². The molecule has 0 saturated heterocycles. The van der Waals surface area contributed by atoms with Crippen molar-refractivity contribution in [3.8, 4) is 0 Å². The van der Waals surface area contributed by atoms with E-state index in [0.29, 0.717) is 0 Å². The second-order valence-corrected chi connectivity index (χ2v) is 4.37. The molecule has 0 N–H and O–H groups in total. The van der Waals surface area contributed by atoms with Crippen LogP contribution in [-0.4, -0.2) is 0 Å². The van der Waals surface area contributed by atoms with E-state index in [1.165, 1.54) is 11.8 Å². The Morgan fingerprint density at radius 2 is 1.75 bits per heavy atom. The SMILES string of the molecule is ClC(Cl)=CSc1ccc(Cl)cc1. The fourth-order valence-electron chi connectivity index (χ4n) is 0.626. The fraction of sp³-hybridized carbons (Fsp3) is 0. The van der Waals surface area contributed by atoms with E-state index in [4.69, 9.17) is 34.8 Å². The highest BCUT2D eigenvalue weighted by Crippen LogP contribution is 2.24. The average Bonchev–Trinajstić information content (AvgIpc) is 2.03. The van der Waals surface area contributed by atoms with Gasteiger partial charge in [-0.05, 0) is 24.3 Å². The molecule has 0 radical (unpaired) electrons. The van der Waals surface area contributed by atoms with Crippen molar-refractivity contribution >= 4 is 46.6 Å². The Kier molecular flexibility index (Phi) is 4.30. The summed E-state index contributed by atoms with van der Waals surface area (Å²) in [5.74, 6) is 0. The minimum absolute atomic E-state index is 0.259. The maximum atomic E-state index is 5.70. The van der Waals surface area contributed by atoms with Crippen LogP contribution in [0.4, 0.5) is 0 Å². The Bertz CT molecular complexity index is 275. The Balaban J connectivity index is 2.65. The summed E-state index contributed by atoms with van der Waals surface area (Å²) >= 11 is 18.0. The van der Waals surface area contributed by atoms with Gasteiger partial charge in [0.15, 0.2) is 0 Å². The Morgan fingerprint density at radius 1 is 1.17 bits per heavy atom. The summed E-state index contributed by atoms with van der Waals surface area (Å²) in [6.07, 6.45) is 0. The molecular formula is C8H5Cl3S. The minimum Gasteiger partial charge on any atom is -0.0956 e. The minimum atomic E-state index is 0.259. The van der Waals surface area contributed by atoms with Gasteiger partial charge in [0.05, 0.1) is 0 Å². The summed E-state index contributed by atoms with van der Waals surface area (Å²) in [4.78, 5) is 1.05. The van der Waals surface area contributed by atoms with Gasteiger partial charge < -0.3 is 0 Å². The zero-order valence-corrected chi connectivity index (χ0v) is 9.01. The van der Waals surface area contributed by atoms with Crippen LogP contribution in [0.3, 0.4) is 0 Å². The number of hydrogen-bond donors (Lipinski definition) is 0. The van der Waals surface area contributed by atoms with Crippen molar-refractivity contribution in [2.75, 3.05) is 0 Å². The van der Waals surface area contributed by atoms with Crippen LogP contribution in [0, 0.1) is 0 Å². The molecule has 0 aliphatic carbocycles. The van der Waals surface area contributed by atoms with E-state index in [-0.39, 0.29) is 4.49 Å². The lowest BCUT2D eigenvalue weighted by Gasteiger charge is -1.94. The van der Waals surface area contributed by atoms with Gasteiger partial charge in [-0.25, -0.2) is 0 Å². The smallest absolute Gasteiger partial charge is 0.0956 e. The lowest BCUT2D eigenvalue weighted by molar-refractivity contribution is 1.47. The van der Waals surface area contributed by atoms with Crippen LogP contribution in [0.5, 0.6) is 0 Å². The van der Waals surface area contributed by atoms with Gasteiger partial charge in [-0.3, -0.25) is 0 Å². The highest BCUT2D eigenvalue weighted by molar-refractivity contribution is 8.02. The summed E-state index contributed by atoms with van der Waals surface area (Å²) in [6, 6.07) is 7.44. The molecule has 1 rings (SSSR count). The molecule has 64 valence electrons. The number of benzene rings is 1. The molecule has 0 heterocycles. The molecule has 0 bridgehead atoms. The average molecular weight is 240 g/mol. The first-order valence-corrected chi connectivity index (χ1v) is 5.13. The fourth-order valence-corrected chi connectivity index (χ4v) is 1.54. The third kappa shape index (κ3) is 3.72. The Morgan fingerprint density at radius 3 is 2.25 bits per heavy atom. The number of halogens is 3. The predicted octanol–water partition coefficient (Wildman–Crippen LogP) is 4.71. The van der Waals surface area contributed by atoms with Gasteiger partial charge in [0.25, 0.3) is 0 Å². The van der Waals surface area contributed by atoms with Crippen LogP contribution in [0.1, 0.15) is 0 Å². The van der Waals surface area contributed by atoms with E-state index in [9.17, 15) is 0 Å². The van der Waals surface area contributed by atoms with Gasteiger partial charge in [0, 0.05) is 15.3 Å². The van der Waals surface area contributed by atoms with Gasteiger partial charge in [0.1, 0.15) is 4.49 Å². The quantitative estimate of drug-likeness (QED) is 0.674. The normalized spacial score (nSPS) is 9.58. The number of hydrogen-bond acceptors (Lipinski definition) is 1. The molecule has 0 unspecified atom stereocenters. The van der Waals surface area contributed by atoms with Gasteiger partial charge in [-0.15, -0.1) is 0 Å². The Hall–Kier alpha value is 0.180. The monoisotopic (exact) mass is 238 g/mol. The third-order valence-electron chi connectivity index (χ3n) is 1.10. The van der Waals surface area contributed by atoms with Crippen molar-refractivity contribution < 1.29 is 0 Å². The summed E-state index contributed by atoms with van der Waals surface area (Å²) in [5, 5.41) is 2.38. The topological polar surface area (TPSA) is 0 Å². The first kappa shape index (κ1) is 10.3. The summed E-state index contributed by atoms with van der Waals surface area (Å²) in [7, 11) is 0. The van der Waals surface area contributed by atoms with E-state index in [1.807, 2.05) is 24.3 Å². The predicted molar refractivity (Wildman–Crippen MR) is 57.1 cm³/mol.